The molecule has 2 rings (SSSR count). The molecule has 6 heteroatoms. The number of hydrogen-bond donors (Lipinski definition) is 0. The molecule has 1 heterocycles. The van der Waals surface area contributed by atoms with Gasteiger partial charge in [-0.15, -0.1) is 16.0 Å². The van der Waals surface area contributed by atoms with E-state index in [1.807, 2.05) is 18.0 Å². The zero-order valence-corrected chi connectivity index (χ0v) is 12.4. The first kappa shape index (κ1) is 14.3. The monoisotopic (exact) mass is 300 g/mol. The largest absolute Gasteiger partial charge is 0.358 e. The second-order valence-corrected chi connectivity index (χ2v) is 6.51. The standard InChI is InChI=1S/C13H17ClN2O2S/c1-16(10-6-2-5-9-14)13-11-7-3-4-8-12(11)19(17,18)15-13/h3-4,7-8H,2,5-6,9-10H2,1H3. The Morgan fingerprint density at radius 1 is 1.21 bits per heavy atom. The van der Waals surface area contributed by atoms with E-state index in [9.17, 15) is 8.42 Å². The summed E-state index contributed by atoms with van der Waals surface area (Å²) in [6.07, 6.45) is 3.00. The molecule has 1 aromatic rings. The summed E-state index contributed by atoms with van der Waals surface area (Å²) >= 11 is 5.63. The summed E-state index contributed by atoms with van der Waals surface area (Å²) in [5.74, 6) is 1.21. The maximum atomic E-state index is 11.9. The third kappa shape index (κ3) is 3.09. The number of benzene rings is 1. The third-order valence-corrected chi connectivity index (χ3v) is 4.69. The smallest absolute Gasteiger partial charge is 0.285 e. The molecule has 1 aromatic carbocycles. The van der Waals surface area contributed by atoms with E-state index in [1.54, 1.807) is 18.2 Å². The first-order valence-corrected chi connectivity index (χ1v) is 8.25. The molecule has 0 atom stereocenters. The van der Waals surface area contributed by atoms with Gasteiger partial charge in [-0.2, -0.15) is 8.42 Å². The SMILES string of the molecule is CN(CCCCCCl)C1=NS(=O)(=O)c2ccccc21. The van der Waals surface area contributed by atoms with Crippen molar-refractivity contribution in [3.05, 3.63) is 29.8 Å². The lowest BCUT2D eigenvalue weighted by atomic mass is 10.2. The van der Waals surface area contributed by atoms with Crippen molar-refractivity contribution in [2.24, 2.45) is 4.40 Å². The number of amidine groups is 1. The van der Waals surface area contributed by atoms with Gasteiger partial charge in [-0.3, -0.25) is 0 Å². The van der Waals surface area contributed by atoms with Crippen molar-refractivity contribution in [2.75, 3.05) is 19.5 Å². The van der Waals surface area contributed by atoms with Crippen LogP contribution in [0.25, 0.3) is 0 Å². The highest BCUT2D eigenvalue weighted by Crippen LogP contribution is 2.26. The van der Waals surface area contributed by atoms with Crippen LogP contribution in [-0.4, -0.2) is 38.6 Å². The lowest BCUT2D eigenvalue weighted by Crippen LogP contribution is -2.27. The molecule has 0 amide bonds. The van der Waals surface area contributed by atoms with Crippen molar-refractivity contribution in [2.45, 2.75) is 24.2 Å². The minimum absolute atomic E-state index is 0.303. The van der Waals surface area contributed by atoms with E-state index in [-0.39, 0.29) is 0 Å². The third-order valence-electron chi connectivity index (χ3n) is 3.10. The lowest BCUT2D eigenvalue weighted by Gasteiger charge is -2.18. The van der Waals surface area contributed by atoms with Gasteiger partial charge in [-0.05, 0) is 25.0 Å². The summed E-state index contributed by atoms with van der Waals surface area (Å²) < 4.78 is 27.7. The van der Waals surface area contributed by atoms with Crippen molar-refractivity contribution in [3.8, 4) is 0 Å². The highest BCUT2D eigenvalue weighted by molar-refractivity contribution is 7.90. The van der Waals surface area contributed by atoms with Crippen LogP contribution in [0.3, 0.4) is 0 Å². The van der Waals surface area contributed by atoms with Crippen LogP contribution in [0.1, 0.15) is 24.8 Å². The van der Waals surface area contributed by atoms with Crippen molar-refractivity contribution < 1.29 is 8.42 Å². The molecule has 0 radical (unpaired) electrons. The highest BCUT2D eigenvalue weighted by atomic mass is 35.5. The summed E-state index contributed by atoms with van der Waals surface area (Å²) in [6, 6.07) is 6.95. The number of nitrogens with zero attached hydrogens (tertiary/aromatic N) is 2. The van der Waals surface area contributed by atoms with Gasteiger partial charge in [-0.1, -0.05) is 18.6 Å². The predicted octanol–water partition coefficient (Wildman–Crippen LogP) is 2.48. The maximum absolute atomic E-state index is 11.9. The molecule has 19 heavy (non-hydrogen) atoms. The second-order valence-electron chi connectivity index (χ2n) is 4.56. The summed E-state index contributed by atoms with van der Waals surface area (Å²) in [6.45, 7) is 0.777. The predicted molar refractivity (Wildman–Crippen MR) is 77.4 cm³/mol. The number of sulfonamides is 1. The molecule has 104 valence electrons. The Bertz CT molecular complexity index is 584. The molecule has 0 bridgehead atoms. The maximum Gasteiger partial charge on any atom is 0.285 e. The molecular formula is C13H17ClN2O2S. The molecule has 0 aromatic heterocycles. The van der Waals surface area contributed by atoms with Crippen molar-refractivity contribution in [3.63, 3.8) is 0 Å². The topological polar surface area (TPSA) is 49.7 Å². The van der Waals surface area contributed by atoms with E-state index in [2.05, 4.69) is 4.40 Å². The minimum Gasteiger partial charge on any atom is -0.358 e. The lowest BCUT2D eigenvalue weighted by molar-refractivity contribution is 0.478. The zero-order chi connectivity index (χ0) is 13.9. The molecule has 0 spiro atoms. The highest BCUT2D eigenvalue weighted by Gasteiger charge is 2.29. The summed E-state index contributed by atoms with van der Waals surface area (Å²) in [5, 5.41) is 0. The van der Waals surface area contributed by atoms with Crippen LogP contribution >= 0.6 is 11.6 Å². The van der Waals surface area contributed by atoms with Gasteiger partial charge in [0.2, 0.25) is 0 Å². The summed E-state index contributed by atoms with van der Waals surface area (Å²) in [7, 11) is -1.64. The fourth-order valence-corrected chi connectivity index (χ4v) is 3.53. The molecule has 0 saturated carbocycles. The van der Waals surface area contributed by atoms with Crippen LogP contribution in [0.5, 0.6) is 0 Å². The first-order valence-electron chi connectivity index (χ1n) is 6.28. The van der Waals surface area contributed by atoms with Crippen LogP contribution in [0.15, 0.2) is 33.6 Å². The Hall–Kier alpha value is -1.07. The van der Waals surface area contributed by atoms with Crippen molar-refractivity contribution in [1.82, 2.24) is 4.90 Å². The number of hydrogen-bond acceptors (Lipinski definition) is 3. The normalized spacial score (nSPS) is 16.0. The molecule has 0 N–H and O–H groups in total. The van der Waals surface area contributed by atoms with E-state index in [1.165, 1.54) is 0 Å². The van der Waals surface area contributed by atoms with Crippen LogP contribution in [0.4, 0.5) is 0 Å². The van der Waals surface area contributed by atoms with Gasteiger partial charge in [0.15, 0.2) is 0 Å². The van der Waals surface area contributed by atoms with Gasteiger partial charge in [0.25, 0.3) is 10.0 Å². The van der Waals surface area contributed by atoms with E-state index in [4.69, 9.17) is 11.6 Å². The van der Waals surface area contributed by atoms with Crippen LogP contribution in [-0.2, 0) is 10.0 Å². The van der Waals surface area contributed by atoms with Gasteiger partial charge < -0.3 is 4.90 Å². The van der Waals surface area contributed by atoms with Gasteiger partial charge in [0.05, 0.1) is 0 Å². The Kier molecular flexibility index (Phi) is 4.47. The van der Waals surface area contributed by atoms with Crippen LogP contribution < -0.4 is 0 Å². The van der Waals surface area contributed by atoms with Crippen molar-refractivity contribution >= 4 is 27.5 Å². The van der Waals surface area contributed by atoms with E-state index >= 15 is 0 Å². The van der Waals surface area contributed by atoms with Crippen LogP contribution in [0, 0.1) is 0 Å². The van der Waals surface area contributed by atoms with Gasteiger partial charge in [0, 0.05) is 25.0 Å². The molecular weight excluding hydrogens is 284 g/mol. The second kappa shape index (κ2) is 5.92. The average molecular weight is 301 g/mol. The molecule has 0 aliphatic carbocycles. The van der Waals surface area contributed by atoms with Crippen LogP contribution in [0.2, 0.25) is 0 Å². The van der Waals surface area contributed by atoms with Gasteiger partial charge in [0.1, 0.15) is 10.7 Å². The number of alkyl halides is 1. The average Bonchev–Trinajstić information content (AvgIpc) is 2.67. The number of halogens is 1. The Labute approximate surface area is 119 Å². The number of rotatable bonds is 5. The fourth-order valence-electron chi connectivity index (χ4n) is 2.09. The number of fused-ring (bicyclic) bond motifs is 1. The summed E-state index contributed by atoms with van der Waals surface area (Å²) in [5.41, 5.74) is 0.697. The Balaban J connectivity index is 2.13. The molecule has 0 fully saturated rings. The molecule has 4 nitrogen and oxygen atoms in total. The van der Waals surface area contributed by atoms with E-state index < -0.39 is 10.0 Å². The quantitative estimate of drug-likeness (QED) is 0.620. The molecule has 1 aliphatic rings. The molecule has 0 unspecified atom stereocenters. The molecule has 0 saturated heterocycles. The Morgan fingerprint density at radius 3 is 2.68 bits per heavy atom. The summed E-state index contributed by atoms with van der Waals surface area (Å²) in [4.78, 5) is 2.20. The van der Waals surface area contributed by atoms with E-state index in [0.717, 1.165) is 25.8 Å². The fraction of sp³-hybridized carbons (Fsp3) is 0.462. The minimum atomic E-state index is -3.51. The van der Waals surface area contributed by atoms with E-state index in [0.29, 0.717) is 22.2 Å². The zero-order valence-electron chi connectivity index (χ0n) is 10.8. The molecule has 1 aliphatic heterocycles. The Morgan fingerprint density at radius 2 is 1.95 bits per heavy atom. The number of unbranched alkanes of at least 4 members (excludes halogenated alkanes) is 2. The van der Waals surface area contributed by atoms with Gasteiger partial charge >= 0.3 is 0 Å². The van der Waals surface area contributed by atoms with Crippen molar-refractivity contribution in [1.29, 1.82) is 0 Å². The van der Waals surface area contributed by atoms with Gasteiger partial charge in [-0.25, -0.2) is 0 Å². The first-order chi connectivity index (χ1) is 9.06.